The molecular weight excluding hydrogens is 426 g/mol. The van der Waals surface area contributed by atoms with E-state index in [1.807, 2.05) is 79.7 Å². The number of ether oxygens (including phenoxy) is 1. The van der Waals surface area contributed by atoms with Gasteiger partial charge >= 0.3 is 0 Å². The number of hydrogen-bond acceptors (Lipinski definition) is 5. The number of benzene rings is 3. The van der Waals surface area contributed by atoms with Gasteiger partial charge in [0.15, 0.2) is 0 Å². The number of nitrogens with one attached hydrogen (secondary N) is 1. The van der Waals surface area contributed by atoms with Gasteiger partial charge in [-0.2, -0.15) is 0 Å². The van der Waals surface area contributed by atoms with Crippen LogP contribution in [0.25, 0.3) is 5.57 Å². The van der Waals surface area contributed by atoms with E-state index in [4.69, 9.17) is 4.74 Å². The van der Waals surface area contributed by atoms with Gasteiger partial charge in [0.2, 0.25) is 0 Å². The van der Waals surface area contributed by atoms with Gasteiger partial charge in [0.25, 0.3) is 11.8 Å². The van der Waals surface area contributed by atoms with Crippen molar-refractivity contribution in [3.05, 3.63) is 89.6 Å². The van der Waals surface area contributed by atoms with Crippen molar-refractivity contribution in [3.63, 3.8) is 0 Å². The van der Waals surface area contributed by atoms with Crippen molar-refractivity contribution in [1.82, 2.24) is 0 Å². The van der Waals surface area contributed by atoms with E-state index in [0.29, 0.717) is 28.3 Å². The zero-order chi connectivity index (χ0) is 24.2. The SMILES string of the molecule is CCN(CC)c1ccc(N2C(=O)C(Nc3cc(C)ccc3OC)=C(c3ccccc3)C2=O)cc1. The number of aryl methyl sites for hydroxylation is 1. The second kappa shape index (κ2) is 9.83. The van der Waals surface area contributed by atoms with E-state index in [9.17, 15) is 9.59 Å². The average molecular weight is 456 g/mol. The molecule has 0 spiro atoms. The fraction of sp³-hybridized carbons (Fsp3) is 0.214. The Morgan fingerprint density at radius 2 is 1.56 bits per heavy atom. The third-order valence-electron chi connectivity index (χ3n) is 6.00. The van der Waals surface area contributed by atoms with Crippen molar-refractivity contribution in [1.29, 1.82) is 0 Å². The number of methoxy groups -OCH3 is 1. The predicted octanol–water partition coefficient (Wildman–Crippen LogP) is 5.25. The Morgan fingerprint density at radius 3 is 2.18 bits per heavy atom. The normalized spacial score (nSPS) is 13.5. The number of carbonyl (C=O) groups is 2. The van der Waals surface area contributed by atoms with Crippen LogP contribution in [-0.4, -0.2) is 32.0 Å². The van der Waals surface area contributed by atoms with Crippen LogP contribution in [0.5, 0.6) is 5.75 Å². The van der Waals surface area contributed by atoms with E-state index in [1.165, 1.54) is 4.90 Å². The molecule has 3 aromatic carbocycles. The van der Waals surface area contributed by atoms with E-state index >= 15 is 0 Å². The highest BCUT2D eigenvalue weighted by Gasteiger charge is 2.40. The predicted molar refractivity (Wildman–Crippen MR) is 137 cm³/mol. The summed E-state index contributed by atoms with van der Waals surface area (Å²) in [6.45, 7) is 7.91. The zero-order valence-electron chi connectivity index (χ0n) is 20.0. The van der Waals surface area contributed by atoms with Crippen LogP contribution in [0.3, 0.4) is 0 Å². The van der Waals surface area contributed by atoms with Crippen LogP contribution in [0.15, 0.2) is 78.5 Å². The third kappa shape index (κ3) is 4.27. The number of carbonyl (C=O) groups excluding carboxylic acids is 2. The molecular formula is C28H29N3O3. The Morgan fingerprint density at radius 1 is 0.882 bits per heavy atom. The van der Waals surface area contributed by atoms with Crippen LogP contribution >= 0.6 is 0 Å². The van der Waals surface area contributed by atoms with Gasteiger partial charge in [0.1, 0.15) is 11.4 Å². The lowest BCUT2D eigenvalue weighted by molar-refractivity contribution is -0.120. The Hall–Kier alpha value is -4.06. The number of hydrogen-bond donors (Lipinski definition) is 1. The van der Waals surface area contributed by atoms with Gasteiger partial charge < -0.3 is 15.0 Å². The molecule has 1 heterocycles. The fourth-order valence-corrected chi connectivity index (χ4v) is 4.21. The minimum absolute atomic E-state index is 0.230. The molecule has 174 valence electrons. The maximum absolute atomic E-state index is 13.7. The highest BCUT2D eigenvalue weighted by Crippen LogP contribution is 2.36. The summed E-state index contributed by atoms with van der Waals surface area (Å²) in [5.41, 5.74) is 4.46. The summed E-state index contributed by atoms with van der Waals surface area (Å²) in [4.78, 5) is 30.7. The molecule has 0 aromatic heterocycles. The van der Waals surface area contributed by atoms with Gasteiger partial charge in [-0.1, -0.05) is 36.4 Å². The molecule has 0 bridgehead atoms. The van der Waals surface area contributed by atoms with Crippen molar-refractivity contribution < 1.29 is 14.3 Å². The molecule has 3 aromatic rings. The molecule has 1 aliphatic rings. The van der Waals surface area contributed by atoms with Crippen molar-refractivity contribution in [2.24, 2.45) is 0 Å². The topological polar surface area (TPSA) is 61.9 Å². The zero-order valence-corrected chi connectivity index (χ0v) is 20.0. The summed E-state index contributed by atoms with van der Waals surface area (Å²) in [5.74, 6) is -0.170. The Labute approximate surface area is 200 Å². The van der Waals surface area contributed by atoms with Gasteiger partial charge in [-0.15, -0.1) is 0 Å². The first-order valence-electron chi connectivity index (χ1n) is 11.4. The number of rotatable bonds is 8. The van der Waals surface area contributed by atoms with E-state index in [-0.39, 0.29) is 11.6 Å². The molecule has 2 amide bonds. The largest absolute Gasteiger partial charge is 0.495 e. The molecule has 0 radical (unpaired) electrons. The summed E-state index contributed by atoms with van der Waals surface area (Å²) in [5, 5.41) is 3.21. The quantitative estimate of drug-likeness (QED) is 0.470. The molecule has 1 N–H and O–H groups in total. The lowest BCUT2D eigenvalue weighted by Gasteiger charge is -2.22. The summed E-state index contributed by atoms with van der Waals surface area (Å²) in [6.07, 6.45) is 0. The lowest BCUT2D eigenvalue weighted by Crippen LogP contribution is -2.32. The van der Waals surface area contributed by atoms with E-state index in [0.717, 1.165) is 24.3 Å². The van der Waals surface area contributed by atoms with Gasteiger partial charge in [0.05, 0.1) is 24.1 Å². The highest BCUT2D eigenvalue weighted by atomic mass is 16.5. The monoisotopic (exact) mass is 455 g/mol. The standard InChI is InChI=1S/C28H29N3O3/c1-5-30(6-2)21-13-15-22(16-14-21)31-27(32)25(20-10-8-7-9-11-20)26(28(31)33)29-23-18-19(3)12-17-24(23)34-4/h7-18,29H,5-6H2,1-4H3. The minimum atomic E-state index is -0.400. The van der Waals surface area contributed by atoms with Crippen LogP contribution < -0.4 is 19.9 Å². The Balaban J connectivity index is 1.77. The Kier molecular flexibility index (Phi) is 6.68. The summed E-state index contributed by atoms with van der Waals surface area (Å²) >= 11 is 0. The third-order valence-corrected chi connectivity index (χ3v) is 6.00. The molecule has 6 nitrogen and oxygen atoms in total. The molecule has 1 aliphatic heterocycles. The van der Waals surface area contributed by atoms with Crippen molar-refractivity contribution in [2.45, 2.75) is 20.8 Å². The second-order valence-electron chi connectivity index (χ2n) is 8.08. The van der Waals surface area contributed by atoms with Gasteiger partial charge in [-0.3, -0.25) is 9.59 Å². The summed E-state index contributed by atoms with van der Waals surface area (Å²) < 4.78 is 5.48. The molecule has 4 rings (SSSR count). The highest BCUT2D eigenvalue weighted by molar-refractivity contribution is 6.46. The Bertz CT molecular complexity index is 1230. The minimum Gasteiger partial charge on any atom is -0.495 e. The first kappa shape index (κ1) is 23.1. The molecule has 0 unspecified atom stereocenters. The van der Waals surface area contributed by atoms with Crippen molar-refractivity contribution in [3.8, 4) is 5.75 Å². The number of amides is 2. The van der Waals surface area contributed by atoms with Gasteiger partial charge in [-0.25, -0.2) is 4.90 Å². The van der Waals surface area contributed by atoms with Gasteiger partial charge in [0, 0.05) is 18.8 Å². The van der Waals surface area contributed by atoms with E-state index in [1.54, 1.807) is 7.11 Å². The van der Waals surface area contributed by atoms with E-state index in [2.05, 4.69) is 24.1 Å². The molecule has 34 heavy (non-hydrogen) atoms. The average Bonchev–Trinajstić information content (AvgIpc) is 3.10. The molecule has 0 atom stereocenters. The van der Waals surface area contributed by atoms with Crippen molar-refractivity contribution in [2.75, 3.05) is 35.3 Å². The first-order valence-corrected chi connectivity index (χ1v) is 11.4. The number of nitrogens with zero attached hydrogens (tertiary/aromatic N) is 2. The molecule has 0 saturated heterocycles. The maximum Gasteiger partial charge on any atom is 0.282 e. The van der Waals surface area contributed by atoms with Crippen LogP contribution in [0, 0.1) is 6.92 Å². The summed E-state index contributed by atoms with van der Waals surface area (Å²) in [7, 11) is 1.58. The number of imide groups is 1. The smallest absolute Gasteiger partial charge is 0.282 e. The lowest BCUT2D eigenvalue weighted by atomic mass is 10.0. The maximum atomic E-state index is 13.7. The van der Waals surface area contributed by atoms with Crippen molar-refractivity contribution >= 4 is 34.4 Å². The van der Waals surface area contributed by atoms with Crippen LogP contribution in [-0.2, 0) is 9.59 Å². The number of anilines is 3. The summed E-state index contributed by atoms with van der Waals surface area (Å²) in [6, 6.07) is 22.5. The fourth-order valence-electron chi connectivity index (χ4n) is 4.21. The first-order chi connectivity index (χ1) is 16.5. The molecule has 0 fully saturated rings. The van der Waals surface area contributed by atoms with Crippen LogP contribution in [0.2, 0.25) is 0 Å². The molecule has 6 heteroatoms. The van der Waals surface area contributed by atoms with Crippen LogP contribution in [0.4, 0.5) is 17.1 Å². The van der Waals surface area contributed by atoms with Gasteiger partial charge in [-0.05, 0) is 68.3 Å². The second-order valence-corrected chi connectivity index (χ2v) is 8.08. The van der Waals surface area contributed by atoms with E-state index < -0.39 is 5.91 Å². The van der Waals surface area contributed by atoms with Crippen LogP contribution in [0.1, 0.15) is 25.0 Å². The molecule has 0 saturated carbocycles. The molecule has 0 aliphatic carbocycles.